The molecular formula is C18H19BrN2O3. The van der Waals surface area contributed by atoms with Gasteiger partial charge in [-0.05, 0) is 36.8 Å². The average Bonchev–Trinajstić information content (AvgIpc) is 2.55. The predicted octanol–water partition coefficient (Wildman–Crippen LogP) is 3.76. The van der Waals surface area contributed by atoms with E-state index in [1.807, 2.05) is 25.1 Å². The van der Waals surface area contributed by atoms with E-state index in [9.17, 15) is 9.59 Å². The number of ether oxygens (including phenoxy) is 1. The fraction of sp³-hybridized carbons (Fsp3) is 0.222. The van der Waals surface area contributed by atoms with E-state index in [2.05, 4.69) is 21.2 Å². The van der Waals surface area contributed by atoms with E-state index in [1.54, 1.807) is 31.4 Å². The summed E-state index contributed by atoms with van der Waals surface area (Å²) >= 11 is 3.45. The molecule has 126 valence electrons. The Morgan fingerprint density at radius 2 is 1.96 bits per heavy atom. The van der Waals surface area contributed by atoms with Gasteiger partial charge >= 0.3 is 0 Å². The molecule has 2 rings (SSSR count). The number of benzene rings is 2. The summed E-state index contributed by atoms with van der Waals surface area (Å²) < 4.78 is 6.02. The van der Waals surface area contributed by atoms with E-state index < -0.39 is 0 Å². The van der Waals surface area contributed by atoms with Crippen molar-refractivity contribution in [2.75, 3.05) is 23.9 Å². The van der Waals surface area contributed by atoms with Crippen LogP contribution in [-0.2, 0) is 9.59 Å². The molecule has 2 aromatic carbocycles. The number of nitrogens with one attached hydrogen (secondary N) is 1. The number of rotatable bonds is 5. The number of methoxy groups -OCH3 is 1. The van der Waals surface area contributed by atoms with E-state index in [0.29, 0.717) is 17.1 Å². The summed E-state index contributed by atoms with van der Waals surface area (Å²) in [7, 11) is 1.56. The Bertz CT molecular complexity index is 762. The number of hydrogen-bond donors (Lipinski definition) is 1. The molecule has 0 aromatic heterocycles. The summed E-state index contributed by atoms with van der Waals surface area (Å²) in [4.78, 5) is 25.7. The highest BCUT2D eigenvalue weighted by Crippen LogP contribution is 2.24. The van der Waals surface area contributed by atoms with Crippen LogP contribution in [0.4, 0.5) is 11.4 Å². The predicted molar refractivity (Wildman–Crippen MR) is 98.5 cm³/mol. The number of halogens is 1. The second-order valence-corrected chi connectivity index (χ2v) is 6.17. The molecule has 0 bridgehead atoms. The number of carbonyl (C=O) groups excluding carboxylic acids is 2. The van der Waals surface area contributed by atoms with E-state index in [1.165, 1.54) is 11.8 Å². The van der Waals surface area contributed by atoms with Gasteiger partial charge in [0.2, 0.25) is 11.8 Å². The Hall–Kier alpha value is -2.34. The van der Waals surface area contributed by atoms with Crippen LogP contribution in [0.3, 0.4) is 0 Å². The van der Waals surface area contributed by atoms with E-state index in [4.69, 9.17) is 4.74 Å². The third-order valence-electron chi connectivity index (χ3n) is 3.50. The summed E-state index contributed by atoms with van der Waals surface area (Å²) in [5, 5.41) is 2.77. The van der Waals surface area contributed by atoms with Crippen molar-refractivity contribution in [1.82, 2.24) is 0 Å². The molecule has 0 spiro atoms. The summed E-state index contributed by atoms with van der Waals surface area (Å²) in [6.45, 7) is 3.33. The van der Waals surface area contributed by atoms with Gasteiger partial charge in [-0.25, -0.2) is 0 Å². The maximum Gasteiger partial charge on any atom is 0.244 e. The summed E-state index contributed by atoms with van der Waals surface area (Å²) in [5.74, 6) is 0.167. The minimum absolute atomic E-state index is 0.0674. The fourth-order valence-electron chi connectivity index (χ4n) is 2.18. The van der Waals surface area contributed by atoms with E-state index >= 15 is 0 Å². The molecule has 0 unspecified atom stereocenters. The Morgan fingerprint density at radius 1 is 1.21 bits per heavy atom. The lowest BCUT2D eigenvalue weighted by Crippen LogP contribution is -2.36. The first kappa shape index (κ1) is 18.0. The summed E-state index contributed by atoms with van der Waals surface area (Å²) in [5.41, 5.74) is 2.34. The first-order valence-corrected chi connectivity index (χ1v) is 8.18. The number of hydrogen-bond acceptors (Lipinski definition) is 3. The molecule has 0 saturated carbocycles. The van der Waals surface area contributed by atoms with Crippen molar-refractivity contribution in [3.05, 3.63) is 52.5 Å². The summed E-state index contributed by atoms with van der Waals surface area (Å²) in [6, 6.07) is 12.6. The first-order valence-electron chi connectivity index (χ1n) is 7.39. The smallest absolute Gasteiger partial charge is 0.244 e. The highest BCUT2D eigenvalue weighted by Gasteiger charge is 2.16. The Labute approximate surface area is 149 Å². The second kappa shape index (κ2) is 7.97. The third kappa shape index (κ3) is 4.58. The zero-order valence-corrected chi connectivity index (χ0v) is 15.4. The molecule has 0 atom stereocenters. The van der Waals surface area contributed by atoms with Crippen LogP contribution in [0, 0.1) is 6.92 Å². The van der Waals surface area contributed by atoms with E-state index in [-0.39, 0.29) is 18.4 Å². The van der Waals surface area contributed by atoms with Crippen LogP contribution in [0.2, 0.25) is 0 Å². The van der Waals surface area contributed by atoms with E-state index in [0.717, 1.165) is 10.0 Å². The quantitative estimate of drug-likeness (QED) is 0.845. The number of aryl methyl sites for hydroxylation is 1. The molecule has 6 heteroatoms. The zero-order chi connectivity index (χ0) is 17.7. The largest absolute Gasteiger partial charge is 0.497 e. The Balaban J connectivity index is 2.13. The highest BCUT2D eigenvalue weighted by atomic mass is 79.9. The summed E-state index contributed by atoms with van der Waals surface area (Å²) in [6.07, 6.45) is 0. The van der Waals surface area contributed by atoms with Gasteiger partial charge in [0.1, 0.15) is 12.3 Å². The normalized spacial score (nSPS) is 10.2. The van der Waals surface area contributed by atoms with Gasteiger partial charge in [-0.2, -0.15) is 0 Å². The molecule has 0 fully saturated rings. The molecule has 5 nitrogen and oxygen atoms in total. The van der Waals surface area contributed by atoms with Crippen molar-refractivity contribution in [2.24, 2.45) is 0 Å². The molecule has 2 amide bonds. The van der Waals surface area contributed by atoms with Crippen molar-refractivity contribution in [3.63, 3.8) is 0 Å². The second-order valence-electron chi connectivity index (χ2n) is 5.32. The van der Waals surface area contributed by atoms with Crippen molar-refractivity contribution >= 4 is 39.1 Å². The van der Waals surface area contributed by atoms with Crippen molar-refractivity contribution in [2.45, 2.75) is 13.8 Å². The molecule has 0 radical (unpaired) electrons. The van der Waals surface area contributed by atoms with Crippen LogP contribution in [0.25, 0.3) is 0 Å². The number of carbonyl (C=O) groups is 2. The number of amides is 2. The zero-order valence-electron chi connectivity index (χ0n) is 13.8. The lowest BCUT2D eigenvalue weighted by atomic mass is 10.2. The van der Waals surface area contributed by atoms with Crippen LogP contribution < -0.4 is 15.0 Å². The number of nitrogens with zero attached hydrogens (tertiary/aromatic N) is 1. The standard InChI is InChI=1S/C18H19BrN2O3/c1-12-7-8-15(10-17(12)19)21(13(2)22)11-18(23)20-14-5-4-6-16(9-14)24-3/h4-10H,11H2,1-3H3,(H,20,23). The number of anilines is 2. The lowest BCUT2D eigenvalue weighted by molar-refractivity contribution is -0.120. The maximum absolute atomic E-state index is 12.3. The molecule has 2 aromatic rings. The van der Waals surface area contributed by atoms with Gasteiger partial charge in [-0.15, -0.1) is 0 Å². The van der Waals surface area contributed by atoms with Gasteiger partial charge < -0.3 is 15.0 Å². The highest BCUT2D eigenvalue weighted by molar-refractivity contribution is 9.10. The maximum atomic E-state index is 12.3. The van der Waals surface area contributed by atoms with Crippen molar-refractivity contribution in [3.8, 4) is 5.75 Å². The molecule has 0 aliphatic rings. The van der Waals surface area contributed by atoms with Crippen LogP contribution in [0.1, 0.15) is 12.5 Å². The molecule has 0 aliphatic carbocycles. The molecule has 0 aliphatic heterocycles. The van der Waals surface area contributed by atoms with Gasteiger partial charge in [0.05, 0.1) is 7.11 Å². The van der Waals surface area contributed by atoms with Gasteiger partial charge in [0.25, 0.3) is 0 Å². The third-order valence-corrected chi connectivity index (χ3v) is 4.36. The van der Waals surface area contributed by atoms with Gasteiger partial charge in [-0.3, -0.25) is 9.59 Å². The first-order chi connectivity index (χ1) is 11.4. The van der Waals surface area contributed by atoms with Gasteiger partial charge in [0, 0.05) is 28.8 Å². The molecule has 24 heavy (non-hydrogen) atoms. The van der Waals surface area contributed by atoms with Crippen LogP contribution in [0.15, 0.2) is 46.9 Å². The Morgan fingerprint density at radius 3 is 2.58 bits per heavy atom. The van der Waals surface area contributed by atoms with Crippen LogP contribution >= 0.6 is 15.9 Å². The minimum Gasteiger partial charge on any atom is -0.497 e. The fourth-order valence-corrected chi connectivity index (χ4v) is 2.55. The molecule has 0 heterocycles. The molecular weight excluding hydrogens is 372 g/mol. The Kier molecular flexibility index (Phi) is 5.98. The molecule has 0 saturated heterocycles. The van der Waals surface area contributed by atoms with Gasteiger partial charge in [0.15, 0.2) is 0 Å². The topological polar surface area (TPSA) is 58.6 Å². The van der Waals surface area contributed by atoms with Crippen LogP contribution in [0.5, 0.6) is 5.75 Å². The van der Waals surface area contributed by atoms with Crippen LogP contribution in [-0.4, -0.2) is 25.5 Å². The van der Waals surface area contributed by atoms with Crippen molar-refractivity contribution < 1.29 is 14.3 Å². The average molecular weight is 391 g/mol. The molecule has 1 N–H and O–H groups in total. The van der Waals surface area contributed by atoms with Gasteiger partial charge in [-0.1, -0.05) is 28.1 Å². The minimum atomic E-state index is -0.282. The van der Waals surface area contributed by atoms with Crippen molar-refractivity contribution in [1.29, 1.82) is 0 Å². The lowest BCUT2D eigenvalue weighted by Gasteiger charge is -2.21. The monoisotopic (exact) mass is 390 g/mol. The SMILES string of the molecule is COc1cccc(NC(=O)CN(C(C)=O)c2ccc(C)c(Br)c2)c1.